The van der Waals surface area contributed by atoms with Crippen LogP contribution in [-0.2, 0) is 0 Å². The van der Waals surface area contributed by atoms with Crippen LogP contribution in [0.3, 0.4) is 0 Å². The quantitative estimate of drug-likeness (QED) is 0.841. The molecule has 1 aromatic rings. The molecule has 0 radical (unpaired) electrons. The van der Waals surface area contributed by atoms with Crippen molar-refractivity contribution in [2.75, 3.05) is 0 Å². The van der Waals surface area contributed by atoms with Crippen molar-refractivity contribution in [3.8, 4) is 0 Å². The number of hydrogen-bond donors (Lipinski definition) is 2. The van der Waals surface area contributed by atoms with E-state index in [-0.39, 0.29) is 5.91 Å². The molecule has 108 valence electrons. The van der Waals surface area contributed by atoms with Crippen LogP contribution in [0.5, 0.6) is 0 Å². The SMILES string of the molecule is NC(=S)c1ccc(C(=O)NC2CCCCCCC2)cc1. The van der Waals surface area contributed by atoms with Gasteiger partial charge in [0.15, 0.2) is 0 Å². The van der Waals surface area contributed by atoms with E-state index < -0.39 is 0 Å². The highest BCUT2D eigenvalue weighted by Crippen LogP contribution is 2.17. The lowest BCUT2D eigenvalue weighted by Gasteiger charge is -2.21. The summed E-state index contributed by atoms with van der Waals surface area (Å²) < 4.78 is 0. The maximum Gasteiger partial charge on any atom is 0.251 e. The van der Waals surface area contributed by atoms with Crippen LogP contribution in [0.25, 0.3) is 0 Å². The number of thiocarbonyl (C=S) groups is 1. The smallest absolute Gasteiger partial charge is 0.251 e. The molecule has 20 heavy (non-hydrogen) atoms. The Labute approximate surface area is 125 Å². The van der Waals surface area contributed by atoms with Crippen LogP contribution in [0.15, 0.2) is 24.3 Å². The number of benzene rings is 1. The molecular formula is C16H22N2OS. The minimum atomic E-state index is 0.00469. The Bertz CT molecular complexity index is 462. The van der Waals surface area contributed by atoms with Crippen LogP contribution in [0, 0.1) is 0 Å². The van der Waals surface area contributed by atoms with E-state index in [0.717, 1.165) is 18.4 Å². The van der Waals surface area contributed by atoms with Gasteiger partial charge < -0.3 is 11.1 Å². The average molecular weight is 290 g/mol. The number of carbonyl (C=O) groups excluding carboxylic acids is 1. The first-order valence-corrected chi connectivity index (χ1v) is 7.78. The molecule has 1 aromatic carbocycles. The van der Waals surface area contributed by atoms with Gasteiger partial charge in [-0.1, -0.05) is 56.5 Å². The topological polar surface area (TPSA) is 55.1 Å². The lowest BCUT2D eigenvalue weighted by molar-refractivity contribution is 0.0930. The van der Waals surface area contributed by atoms with E-state index in [2.05, 4.69) is 5.32 Å². The molecule has 3 nitrogen and oxygen atoms in total. The Hall–Kier alpha value is -1.42. The molecule has 0 saturated heterocycles. The number of amides is 1. The van der Waals surface area contributed by atoms with Gasteiger partial charge in [0.25, 0.3) is 5.91 Å². The number of rotatable bonds is 3. The third-order valence-corrected chi connectivity index (χ3v) is 4.11. The molecule has 0 unspecified atom stereocenters. The highest BCUT2D eigenvalue weighted by atomic mass is 32.1. The van der Waals surface area contributed by atoms with Crippen molar-refractivity contribution in [2.24, 2.45) is 5.73 Å². The molecule has 1 aliphatic carbocycles. The summed E-state index contributed by atoms with van der Waals surface area (Å²) in [7, 11) is 0. The van der Waals surface area contributed by atoms with Gasteiger partial charge in [-0.05, 0) is 25.0 Å². The molecule has 1 aliphatic rings. The Balaban J connectivity index is 1.94. The second-order valence-corrected chi connectivity index (χ2v) is 5.90. The van der Waals surface area contributed by atoms with Crippen LogP contribution in [-0.4, -0.2) is 16.9 Å². The van der Waals surface area contributed by atoms with Gasteiger partial charge in [0, 0.05) is 17.2 Å². The molecule has 0 spiro atoms. The molecule has 0 atom stereocenters. The van der Waals surface area contributed by atoms with Crippen molar-refractivity contribution in [1.29, 1.82) is 0 Å². The minimum absolute atomic E-state index is 0.00469. The molecule has 2 rings (SSSR count). The van der Waals surface area contributed by atoms with E-state index in [1.54, 1.807) is 24.3 Å². The third-order valence-electron chi connectivity index (χ3n) is 3.87. The largest absolute Gasteiger partial charge is 0.389 e. The first kappa shape index (κ1) is 15.0. The van der Waals surface area contributed by atoms with Gasteiger partial charge >= 0.3 is 0 Å². The zero-order valence-corrected chi connectivity index (χ0v) is 12.5. The summed E-state index contributed by atoms with van der Waals surface area (Å²) in [5, 5.41) is 3.15. The standard InChI is InChI=1S/C16H22N2OS/c17-15(20)12-8-10-13(11-9-12)16(19)18-14-6-4-2-1-3-5-7-14/h8-11,14H,1-7H2,(H2,17,20)(H,18,19). The minimum Gasteiger partial charge on any atom is -0.389 e. The first-order chi connectivity index (χ1) is 9.66. The summed E-state index contributed by atoms with van der Waals surface area (Å²) in [5.41, 5.74) is 7.02. The Morgan fingerprint density at radius 2 is 1.50 bits per heavy atom. The molecule has 1 amide bonds. The molecule has 1 fully saturated rings. The van der Waals surface area contributed by atoms with Crippen LogP contribution < -0.4 is 11.1 Å². The molecule has 0 aliphatic heterocycles. The Kier molecular flexibility index (Phi) is 5.53. The van der Waals surface area contributed by atoms with Crippen molar-refractivity contribution >= 4 is 23.1 Å². The first-order valence-electron chi connectivity index (χ1n) is 7.37. The van der Waals surface area contributed by atoms with Gasteiger partial charge in [0.1, 0.15) is 4.99 Å². The molecule has 0 aromatic heterocycles. The summed E-state index contributed by atoms with van der Waals surface area (Å²) >= 11 is 4.91. The number of carbonyl (C=O) groups is 1. The fraction of sp³-hybridized carbons (Fsp3) is 0.500. The molecule has 0 heterocycles. The van der Waals surface area contributed by atoms with E-state index in [1.807, 2.05) is 0 Å². The highest BCUT2D eigenvalue weighted by Gasteiger charge is 2.15. The average Bonchev–Trinajstić information content (AvgIpc) is 2.41. The predicted molar refractivity (Wildman–Crippen MR) is 85.9 cm³/mol. The molecule has 3 N–H and O–H groups in total. The zero-order valence-electron chi connectivity index (χ0n) is 11.7. The summed E-state index contributed by atoms with van der Waals surface area (Å²) in [6, 6.07) is 7.49. The third kappa shape index (κ3) is 4.30. The molecular weight excluding hydrogens is 268 g/mol. The van der Waals surface area contributed by atoms with Gasteiger partial charge in [-0.15, -0.1) is 0 Å². The fourth-order valence-corrected chi connectivity index (χ4v) is 2.79. The maximum atomic E-state index is 12.2. The number of hydrogen-bond acceptors (Lipinski definition) is 2. The fourth-order valence-electron chi connectivity index (χ4n) is 2.66. The summed E-state index contributed by atoms with van der Waals surface area (Å²) in [5.74, 6) is 0.00469. The van der Waals surface area contributed by atoms with Gasteiger partial charge in [-0.3, -0.25) is 4.79 Å². The van der Waals surface area contributed by atoms with E-state index >= 15 is 0 Å². The van der Waals surface area contributed by atoms with Crippen molar-refractivity contribution in [2.45, 2.75) is 51.0 Å². The monoisotopic (exact) mass is 290 g/mol. The summed E-state index contributed by atoms with van der Waals surface area (Å²) in [6.07, 6.45) is 8.52. The lowest BCUT2D eigenvalue weighted by Crippen LogP contribution is -2.35. The van der Waals surface area contributed by atoms with E-state index in [9.17, 15) is 4.79 Å². The maximum absolute atomic E-state index is 12.2. The van der Waals surface area contributed by atoms with Crippen LogP contribution in [0.2, 0.25) is 0 Å². The zero-order chi connectivity index (χ0) is 14.4. The van der Waals surface area contributed by atoms with E-state index in [0.29, 0.717) is 16.6 Å². The van der Waals surface area contributed by atoms with Gasteiger partial charge in [0.05, 0.1) is 0 Å². The molecule has 1 saturated carbocycles. The second kappa shape index (κ2) is 7.39. The van der Waals surface area contributed by atoms with Crippen molar-refractivity contribution in [3.05, 3.63) is 35.4 Å². The van der Waals surface area contributed by atoms with Crippen LogP contribution in [0.4, 0.5) is 0 Å². The van der Waals surface area contributed by atoms with E-state index in [4.69, 9.17) is 18.0 Å². The lowest BCUT2D eigenvalue weighted by atomic mass is 9.96. The van der Waals surface area contributed by atoms with Crippen LogP contribution in [0.1, 0.15) is 60.9 Å². The van der Waals surface area contributed by atoms with E-state index in [1.165, 1.54) is 32.1 Å². The normalized spacial score (nSPS) is 17.0. The van der Waals surface area contributed by atoms with Gasteiger partial charge in [-0.25, -0.2) is 0 Å². The Morgan fingerprint density at radius 1 is 1.00 bits per heavy atom. The van der Waals surface area contributed by atoms with Crippen LogP contribution >= 0.6 is 12.2 Å². The number of nitrogens with two attached hydrogens (primary N) is 1. The summed E-state index contributed by atoms with van der Waals surface area (Å²) in [4.78, 5) is 12.6. The number of nitrogens with one attached hydrogen (secondary N) is 1. The highest BCUT2D eigenvalue weighted by molar-refractivity contribution is 7.80. The Morgan fingerprint density at radius 3 is 2.05 bits per heavy atom. The van der Waals surface area contributed by atoms with Crippen molar-refractivity contribution in [3.63, 3.8) is 0 Å². The molecule has 0 bridgehead atoms. The summed E-state index contributed by atoms with van der Waals surface area (Å²) in [6.45, 7) is 0. The molecule has 4 heteroatoms. The van der Waals surface area contributed by atoms with Crippen molar-refractivity contribution in [1.82, 2.24) is 5.32 Å². The van der Waals surface area contributed by atoms with Crippen molar-refractivity contribution < 1.29 is 4.79 Å². The van der Waals surface area contributed by atoms with Gasteiger partial charge in [-0.2, -0.15) is 0 Å². The predicted octanol–water partition coefficient (Wildman–Crippen LogP) is 3.16. The second-order valence-electron chi connectivity index (χ2n) is 5.46. The van der Waals surface area contributed by atoms with Gasteiger partial charge in [0.2, 0.25) is 0 Å².